The molecule has 27 heavy (non-hydrogen) atoms. The number of H-pyrrole nitrogens is 1. The Morgan fingerprint density at radius 3 is 3.00 bits per heavy atom. The molecule has 0 amide bonds. The van der Waals surface area contributed by atoms with Crippen molar-refractivity contribution in [1.29, 1.82) is 0 Å². The van der Waals surface area contributed by atoms with Crippen molar-refractivity contribution in [3.05, 3.63) is 62.6 Å². The summed E-state index contributed by atoms with van der Waals surface area (Å²) in [6, 6.07) is 5.64. The number of benzene rings is 1. The van der Waals surface area contributed by atoms with Gasteiger partial charge in [-0.25, -0.2) is 9.37 Å². The Morgan fingerprint density at radius 1 is 1.33 bits per heavy atom. The maximum Gasteiger partial charge on any atom is 0.254 e. The highest BCUT2D eigenvalue weighted by molar-refractivity contribution is 5.35. The van der Waals surface area contributed by atoms with Gasteiger partial charge in [-0.15, -0.1) is 0 Å². The second kappa shape index (κ2) is 6.26. The predicted octanol–water partition coefficient (Wildman–Crippen LogP) is 3.57. The summed E-state index contributed by atoms with van der Waals surface area (Å²) < 4.78 is 14.5. The van der Waals surface area contributed by atoms with Crippen LogP contribution in [0.15, 0.2) is 23.0 Å². The van der Waals surface area contributed by atoms with E-state index in [0.717, 1.165) is 74.3 Å². The van der Waals surface area contributed by atoms with E-state index >= 15 is 0 Å². The van der Waals surface area contributed by atoms with Crippen molar-refractivity contribution < 1.29 is 4.39 Å². The first-order valence-electron chi connectivity index (χ1n) is 10.2. The lowest BCUT2D eigenvalue weighted by Crippen LogP contribution is -2.45. The number of halogens is 1. The van der Waals surface area contributed by atoms with Crippen molar-refractivity contribution in [3.8, 4) is 0 Å². The highest BCUT2D eigenvalue weighted by Crippen LogP contribution is 2.45. The summed E-state index contributed by atoms with van der Waals surface area (Å²) in [6.07, 6.45) is 6.21. The van der Waals surface area contributed by atoms with Crippen molar-refractivity contribution in [3.63, 3.8) is 0 Å². The van der Waals surface area contributed by atoms with Crippen LogP contribution < -0.4 is 5.56 Å². The maximum atomic E-state index is 14.5. The van der Waals surface area contributed by atoms with Gasteiger partial charge in [-0.3, -0.25) is 9.69 Å². The molecular weight excluding hydrogens is 341 g/mol. The van der Waals surface area contributed by atoms with E-state index in [1.165, 1.54) is 0 Å². The number of aromatic nitrogens is 2. The van der Waals surface area contributed by atoms with Gasteiger partial charge in [-0.2, -0.15) is 0 Å². The summed E-state index contributed by atoms with van der Waals surface area (Å²) in [7, 11) is 0. The summed E-state index contributed by atoms with van der Waals surface area (Å²) in [5, 5.41) is 0. The molecule has 1 spiro atoms. The van der Waals surface area contributed by atoms with Gasteiger partial charge in [0.15, 0.2) is 0 Å². The number of nitrogens with one attached hydrogen (secondary N) is 1. The fourth-order valence-electron chi connectivity index (χ4n) is 5.05. The molecule has 1 aromatic heterocycles. The van der Waals surface area contributed by atoms with Gasteiger partial charge in [0, 0.05) is 35.5 Å². The normalized spacial score (nSPS) is 25.1. The molecule has 3 aliphatic rings. The van der Waals surface area contributed by atoms with Gasteiger partial charge < -0.3 is 4.98 Å². The molecule has 2 heterocycles. The van der Waals surface area contributed by atoms with Gasteiger partial charge in [0.2, 0.25) is 0 Å². The number of piperidine rings is 1. The van der Waals surface area contributed by atoms with E-state index in [1.54, 1.807) is 0 Å². The fraction of sp³-hybridized carbons (Fsp3) is 0.545. The average Bonchev–Trinajstić information content (AvgIpc) is 3.45. The molecule has 142 valence electrons. The van der Waals surface area contributed by atoms with Crippen molar-refractivity contribution in [2.24, 2.45) is 0 Å². The fourth-order valence-corrected chi connectivity index (χ4v) is 5.05. The second-order valence-electron chi connectivity index (χ2n) is 8.70. The Labute approximate surface area is 158 Å². The summed E-state index contributed by atoms with van der Waals surface area (Å²) in [4.78, 5) is 22.9. The zero-order valence-electron chi connectivity index (χ0n) is 15.9. The van der Waals surface area contributed by atoms with E-state index in [1.807, 2.05) is 25.1 Å². The molecule has 5 rings (SSSR count). The van der Waals surface area contributed by atoms with Crippen LogP contribution in [0.25, 0.3) is 0 Å². The smallest absolute Gasteiger partial charge is 0.254 e. The molecule has 2 aliphatic carbocycles. The third-order valence-corrected chi connectivity index (χ3v) is 6.68. The monoisotopic (exact) mass is 367 g/mol. The molecule has 4 nitrogen and oxygen atoms in total. The van der Waals surface area contributed by atoms with Crippen LogP contribution in [0.4, 0.5) is 4.39 Å². The molecule has 0 bridgehead atoms. The van der Waals surface area contributed by atoms with Crippen LogP contribution in [0, 0.1) is 12.7 Å². The lowest BCUT2D eigenvalue weighted by atomic mass is 9.77. The quantitative estimate of drug-likeness (QED) is 0.902. The number of fused-ring (bicyclic) bond motifs is 2. The summed E-state index contributed by atoms with van der Waals surface area (Å²) >= 11 is 0. The van der Waals surface area contributed by atoms with E-state index in [-0.39, 0.29) is 16.8 Å². The van der Waals surface area contributed by atoms with Crippen molar-refractivity contribution in [2.45, 2.75) is 63.3 Å². The summed E-state index contributed by atoms with van der Waals surface area (Å²) in [5.41, 5.74) is 3.44. The largest absolute Gasteiger partial charge is 0.310 e. The topological polar surface area (TPSA) is 49.0 Å². The molecule has 1 atom stereocenters. The number of rotatable bonds is 3. The Bertz CT molecular complexity index is 949. The first kappa shape index (κ1) is 17.1. The highest BCUT2D eigenvalue weighted by atomic mass is 19.1. The van der Waals surface area contributed by atoms with Crippen molar-refractivity contribution >= 4 is 0 Å². The maximum absolute atomic E-state index is 14.5. The van der Waals surface area contributed by atoms with E-state index in [2.05, 4.69) is 9.88 Å². The second-order valence-corrected chi connectivity index (χ2v) is 8.70. The molecule has 2 fully saturated rings. The van der Waals surface area contributed by atoms with Crippen molar-refractivity contribution in [1.82, 2.24) is 14.9 Å². The molecule has 0 radical (unpaired) electrons. The van der Waals surface area contributed by atoms with Gasteiger partial charge in [0.05, 0.1) is 5.69 Å². The zero-order valence-corrected chi connectivity index (χ0v) is 15.9. The van der Waals surface area contributed by atoms with Crippen LogP contribution in [0.1, 0.15) is 66.2 Å². The van der Waals surface area contributed by atoms with Crippen LogP contribution in [0.3, 0.4) is 0 Å². The molecule has 1 unspecified atom stereocenters. The van der Waals surface area contributed by atoms with Crippen LogP contribution in [0.2, 0.25) is 0 Å². The Kier molecular flexibility index (Phi) is 3.97. The lowest BCUT2D eigenvalue weighted by molar-refractivity contribution is 0.135. The van der Waals surface area contributed by atoms with E-state index in [4.69, 9.17) is 4.98 Å². The first-order valence-corrected chi connectivity index (χ1v) is 10.2. The molecule has 1 saturated carbocycles. The van der Waals surface area contributed by atoms with Crippen LogP contribution in [-0.2, 0) is 18.4 Å². The minimum Gasteiger partial charge on any atom is -0.310 e. The minimum atomic E-state index is -0.0884. The summed E-state index contributed by atoms with van der Waals surface area (Å²) in [5.74, 6) is 1.25. The predicted molar refractivity (Wildman–Crippen MR) is 102 cm³/mol. The lowest BCUT2D eigenvalue weighted by Gasteiger charge is -2.40. The van der Waals surface area contributed by atoms with Gasteiger partial charge in [0.25, 0.3) is 5.56 Å². The number of hydrogen-bond acceptors (Lipinski definition) is 3. The Hall–Kier alpha value is -2.01. The molecule has 1 aromatic carbocycles. The number of likely N-dealkylation sites (tertiary alicyclic amines) is 1. The third-order valence-electron chi connectivity index (χ3n) is 6.68. The van der Waals surface area contributed by atoms with Gasteiger partial charge in [0.1, 0.15) is 11.6 Å². The van der Waals surface area contributed by atoms with Crippen LogP contribution >= 0.6 is 0 Å². The number of nitrogens with zero attached hydrogens (tertiary/aromatic N) is 2. The number of aromatic amines is 1. The molecule has 1 N–H and O–H groups in total. The molecule has 2 aromatic rings. The average molecular weight is 367 g/mol. The third kappa shape index (κ3) is 2.92. The highest BCUT2D eigenvalue weighted by Gasteiger charge is 2.45. The van der Waals surface area contributed by atoms with Crippen LogP contribution in [0.5, 0.6) is 0 Å². The molecule has 1 saturated heterocycles. The first-order chi connectivity index (χ1) is 13.1. The standard InChI is InChI=1S/C22H26FN3O/c1-14-4-2-5-16(18(14)23)12-26-11-3-9-22(13-26)10-8-17-19(22)24-20(15-6-7-15)25-21(17)27/h2,4-5,15H,3,6-13H2,1H3,(H,24,25,27). The molecular formula is C22H26FN3O. The molecule has 1 aliphatic heterocycles. The van der Waals surface area contributed by atoms with Crippen molar-refractivity contribution in [2.75, 3.05) is 13.1 Å². The van der Waals surface area contributed by atoms with Gasteiger partial charge >= 0.3 is 0 Å². The number of aryl methyl sites for hydroxylation is 1. The van der Waals surface area contributed by atoms with E-state index < -0.39 is 0 Å². The minimum absolute atomic E-state index is 0.0359. The SMILES string of the molecule is Cc1cccc(CN2CCCC3(CCc4c3nc(C3CC3)[nH]c4=O)C2)c1F. The van der Waals surface area contributed by atoms with Crippen LogP contribution in [-0.4, -0.2) is 28.0 Å². The van der Waals surface area contributed by atoms with Gasteiger partial charge in [-0.05, 0) is 57.6 Å². The Balaban J connectivity index is 1.45. The number of hydrogen-bond donors (Lipinski definition) is 1. The van der Waals surface area contributed by atoms with Gasteiger partial charge in [-0.1, -0.05) is 18.2 Å². The zero-order chi connectivity index (χ0) is 18.6. The molecule has 5 heteroatoms. The Morgan fingerprint density at radius 2 is 2.19 bits per heavy atom. The summed E-state index contributed by atoms with van der Waals surface area (Å²) in [6.45, 7) is 4.29. The van der Waals surface area contributed by atoms with E-state index in [9.17, 15) is 9.18 Å². The van der Waals surface area contributed by atoms with E-state index in [0.29, 0.717) is 18.0 Å².